The number of allylic oxidation sites excluding steroid dienone is 10. The third-order valence-corrected chi connectivity index (χ3v) is 43.2. The molecule has 0 N–H and O–H groups in total. The molecule has 128 heavy (non-hydrogen) atoms. The number of fused-ring (bicyclic) bond motifs is 25. The summed E-state index contributed by atoms with van der Waals surface area (Å²) >= 11 is 0. The van der Waals surface area contributed by atoms with Gasteiger partial charge in [0, 0.05) is 95.0 Å². The Kier molecular flexibility index (Phi) is 24.1. The number of ether oxygens (including phenoxy) is 5. The molecule has 0 spiro atoms. The van der Waals surface area contributed by atoms with Gasteiger partial charge in [-0.1, -0.05) is 120 Å². The molecule has 1 unspecified atom stereocenters. The first kappa shape index (κ1) is 88.7. The van der Waals surface area contributed by atoms with Crippen molar-refractivity contribution in [3.63, 3.8) is 0 Å². The zero-order valence-electron chi connectivity index (χ0n) is 80.8. The summed E-state index contributed by atoms with van der Waals surface area (Å²) < 4.78 is 31.1. The van der Waals surface area contributed by atoms with Crippen molar-refractivity contribution in [1.82, 2.24) is 34.9 Å². The maximum atomic E-state index is 6.27. The van der Waals surface area contributed by atoms with Crippen molar-refractivity contribution in [1.29, 1.82) is 0 Å². The summed E-state index contributed by atoms with van der Waals surface area (Å²) in [5.41, 5.74) is 20.5. The van der Waals surface area contributed by atoms with Gasteiger partial charge in [0.05, 0.1) is 54.3 Å². The number of hydrogen-bond donors (Lipinski definition) is 0. The van der Waals surface area contributed by atoms with Gasteiger partial charge in [0.15, 0.2) is 0 Å². The highest BCUT2D eigenvalue weighted by molar-refractivity contribution is 5.76. The van der Waals surface area contributed by atoms with Gasteiger partial charge < -0.3 is 23.7 Å². The second kappa shape index (κ2) is 34.8. The fourth-order valence-electron chi connectivity index (χ4n) is 36.4. The number of aromatic nitrogens is 7. The van der Waals surface area contributed by atoms with E-state index in [0.717, 1.165) is 146 Å². The molecular weight excluding hydrogens is 1570 g/mol. The summed E-state index contributed by atoms with van der Waals surface area (Å²) in [7, 11) is 0. The predicted molar refractivity (Wildman–Crippen MR) is 515 cm³/mol. The van der Waals surface area contributed by atoms with E-state index in [1.54, 1.807) is 29.1 Å². The Morgan fingerprint density at radius 1 is 0.273 bits per heavy atom. The van der Waals surface area contributed by atoms with Crippen LogP contribution in [0.4, 0.5) is 0 Å². The van der Waals surface area contributed by atoms with Crippen molar-refractivity contribution in [2.24, 2.45) is 143 Å². The number of pyridine rings is 3. The second-order valence-corrected chi connectivity index (χ2v) is 48.1. The minimum atomic E-state index is 0.288. The summed E-state index contributed by atoms with van der Waals surface area (Å²) in [5.74, 6) is 12.7. The molecule has 0 aromatic carbocycles. The van der Waals surface area contributed by atoms with E-state index in [1.807, 2.05) is 43.4 Å². The second-order valence-electron chi connectivity index (χ2n) is 48.1. The molecule has 20 aliphatic rings. The highest BCUT2D eigenvalue weighted by Gasteiger charge is 2.66. The summed E-state index contributed by atoms with van der Waals surface area (Å²) in [4.78, 5) is 31.4. The third-order valence-electron chi connectivity index (χ3n) is 43.2. The molecule has 5 saturated heterocycles. The van der Waals surface area contributed by atoms with Gasteiger partial charge >= 0.3 is 0 Å². The lowest BCUT2D eigenvalue weighted by Gasteiger charge is -2.59. The number of nitrogens with zero attached hydrogens (tertiary/aromatic N) is 7. The average molecular weight is 1730 g/mol. The van der Waals surface area contributed by atoms with Gasteiger partial charge in [0.25, 0.3) is 0 Å². The van der Waals surface area contributed by atoms with Gasteiger partial charge in [0.1, 0.15) is 0 Å². The van der Waals surface area contributed by atoms with Crippen LogP contribution in [0.3, 0.4) is 0 Å². The maximum Gasteiger partial charge on any atom is 0.0847 e. The molecule has 12 nitrogen and oxygen atoms in total. The summed E-state index contributed by atoms with van der Waals surface area (Å²) in [6.45, 7) is 34.8. The fourth-order valence-corrected chi connectivity index (χ4v) is 36.4. The van der Waals surface area contributed by atoms with E-state index in [0.29, 0.717) is 73.8 Å². The molecule has 10 heterocycles. The molecule has 5 aromatic rings. The van der Waals surface area contributed by atoms with Crippen LogP contribution in [-0.2, 0) is 36.5 Å². The number of hydrogen-bond acceptors (Lipinski definition) is 12. The van der Waals surface area contributed by atoms with Crippen molar-refractivity contribution >= 4 is 27.9 Å². The van der Waals surface area contributed by atoms with Crippen LogP contribution in [0, 0.1) is 143 Å². The van der Waals surface area contributed by atoms with E-state index in [9.17, 15) is 0 Å². The molecule has 5 aromatic heterocycles. The van der Waals surface area contributed by atoms with E-state index in [1.165, 1.54) is 257 Å². The van der Waals surface area contributed by atoms with Crippen molar-refractivity contribution in [2.75, 3.05) is 33.0 Å². The highest BCUT2D eigenvalue weighted by Crippen LogP contribution is 2.73. The molecule has 688 valence electrons. The zero-order valence-corrected chi connectivity index (χ0v) is 80.8. The quantitative estimate of drug-likeness (QED) is 0.153. The first-order valence-corrected chi connectivity index (χ1v) is 52.9. The number of aryl methyl sites for hydroxylation is 2. The zero-order chi connectivity index (χ0) is 87.8. The largest absolute Gasteiger partial charge is 0.378 e. The first-order chi connectivity index (χ1) is 62.0. The fraction of sp³-hybridized carbons (Fsp3) is 0.716. The van der Waals surface area contributed by atoms with Crippen LogP contribution in [0.5, 0.6) is 0 Å². The van der Waals surface area contributed by atoms with E-state index < -0.39 is 0 Å². The molecule has 12 heteroatoms. The normalized spacial score (nSPS) is 45.0. The Hall–Kier alpha value is -5.89. The summed E-state index contributed by atoms with van der Waals surface area (Å²) in [6, 6.07) is 9.12. The van der Waals surface area contributed by atoms with Crippen molar-refractivity contribution < 1.29 is 23.7 Å². The lowest BCUT2D eigenvalue weighted by atomic mass is 9.47. The minimum absolute atomic E-state index is 0.288. The summed E-state index contributed by atoms with van der Waals surface area (Å²) in [6.07, 6.45) is 85.5. The Balaban J connectivity index is 0.0000000973. The van der Waals surface area contributed by atoms with E-state index in [4.69, 9.17) is 23.7 Å². The van der Waals surface area contributed by atoms with Gasteiger partial charge in [-0.3, -0.25) is 34.9 Å². The topological polar surface area (TPSA) is 136 Å². The van der Waals surface area contributed by atoms with Crippen molar-refractivity contribution in [2.45, 2.75) is 345 Å². The van der Waals surface area contributed by atoms with E-state index >= 15 is 0 Å². The van der Waals surface area contributed by atoms with Crippen LogP contribution < -0.4 is 0 Å². The SMILES string of the molecule is CCc1cncc(C2=CC[C@H]3[C@@H]4CC[C@@H]5OCCC[C@]5(C)[C@H]4CC[C@]23C)c1.CCc1cncc(C2=CC[C@H]3[C@@H]4CC[C@H]5OCCC[C@]5(C)[C@H]4CC[C@]23C)c1.C[C@]12CCCO[C@@H]1CC[C@@H]1[C@@H]2CC[C@]2(C)C(c3cnccn3)=CC[C@@H]12.C[C@]12CCCO[C@H]1CC[C@@H]1[C@@H]2CC[C@]2(C)C(c3cnccn3)=CC[C@@H]12.C[C@]12CCOC1CC[C@@H]1[C@@H]2CC[C@]2(C)C(c3cccnc3)=CC[C@@H]12. The van der Waals surface area contributed by atoms with Crippen LogP contribution in [-0.4, -0.2) is 98.4 Å². The smallest absolute Gasteiger partial charge is 0.0847 e. The molecule has 0 radical (unpaired) electrons. The first-order valence-electron chi connectivity index (χ1n) is 52.9. The molecule has 15 aliphatic carbocycles. The predicted octanol–water partition coefficient (Wildman–Crippen LogP) is 27.0. The molecule has 10 saturated carbocycles. The Morgan fingerprint density at radius 2 is 0.562 bits per heavy atom. The molecule has 0 amide bonds. The Bertz CT molecular complexity index is 4720. The molecule has 30 atom stereocenters. The lowest BCUT2D eigenvalue weighted by Crippen LogP contribution is -2.55. The van der Waals surface area contributed by atoms with Gasteiger partial charge in [-0.25, -0.2) is 0 Å². The van der Waals surface area contributed by atoms with E-state index in [2.05, 4.69) is 191 Å². The average Bonchev–Trinajstić information content (AvgIpc) is 1.54. The maximum absolute atomic E-state index is 6.27. The monoisotopic (exact) mass is 1730 g/mol. The van der Waals surface area contributed by atoms with Crippen molar-refractivity contribution in [3.05, 3.63) is 168 Å². The van der Waals surface area contributed by atoms with Gasteiger partial charge in [0.2, 0.25) is 0 Å². The van der Waals surface area contributed by atoms with Crippen LogP contribution in [0.2, 0.25) is 0 Å². The van der Waals surface area contributed by atoms with Gasteiger partial charge in [-0.15, -0.1) is 0 Å². The summed E-state index contributed by atoms with van der Waals surface area (Å²) in [5, 5.41) is 0. The molecule has 5 aliphatic heterocycles. The van der Waals surface area contributed by atoms with Crippen LogP contribution in [0.25, 0.3) is 27.9 Å². The third kappa shape index (κ3) is 14.6. The van der Waals surface area contributed by atoms with Crippen LogP contribution in [0.1, 0.15) is 341 Å². The number of rotatable bonds is 7. The minimum Gasteiger partial charge on any atom is -0.378 e. The van der Waals surface area contributed by atoms with Crippen molar-refractivity contribution in [3.8, 4) is 0 Å². The lowest BCUT2D eigenvalue weighted by molar-refractivity contribution is -0.168. The van der Waals surface area contributed by atoms with Gasteiger partial charge in [-0.05, 0) is 448 Å². The molecule has 15 fully saturated rings. The molecule has 0 bridgehead atoms. The molecular formula is C116H159N7O5. The van der Waals surface area contributed by atoms with Crippen LogP contribution in [0.15, 0.2) is 129 Å². The van der Waals surface area contributed by atoms with E-state index in [-0.39, 0.29) is 10.8 Å². The highest BCUT2D eigenvalue weighted by atomic mass is 16.5. The molecule has 25 rings (SSSR count). The standard InChI is InChI=1S/2C25H35NO.2C22H30N2O.C22H29NO/c2*1-4-17-14-18(16-26-15-17)20-7-8-21-19-6-9-23-25(3,11-5-13-27-23)22(19)10-12-24(20,21)2;2*1-21-10-8-17-15(4-7-20-22(17,2)9-3-13-25-20)16(21)5-6-18(21)19-14-23-11-12-24-19;1-21-10-9-19-16(5-8-20-22(19,2)11-13-24-20)18(21)7-6-17(21)15-4-3-12-23-14-15/h2*7,14-16,19,21-23H,4-6,8-13H2,1-3H3;2*6,11-12,14-17,20H,3-5,7-10,13H2,1-2H3;3-4,6,12,14,16,18-20H,5,7-11,13H2,1-2H3/t19-,21-,22-,23+,24+,25+;19-,21-,22-,23-,24+,25+;15-,16-,17-,20+,21-,22+;15-,16-,17-,20-,21-,22+;16-,18-,19-,20?,21+,22+/m00000/s1. The van der Waals surface area contributed by atoms with Crippen LogP contribution >= 0.6 is 0 Å². The Morgan fingerprint density at radius 3 is 0.867 bits per heavy atom. The Labute approximate surface area is 770 Å². The van der Waals surface area contributed by atoms with Gasteiger partial charge in [-0.2, -0.15) is 0 Å².